The van der Waals surface area contributed by atoms with Crippen LogP contribution in [0.3, 0.4) is 0 Å². The van der Waals surface area contributed by atoms with Gasteiger partial charge in [-0.1, -0.05) is 38.1 Å². The minimum atomic E-state index is -0.281. The fraction of sp³-hybridized carbons (Fsp3) is 0.550. The molecule has 1 aliphatic rings. The zero-order valence-electron chi connectivity index (χ0n) is 16.6. The first-order valence-corrected chi connectivity index (χ1v) is 9.43. The van der Waals surface area contributed by atoms with Crippen molar-refractivity contribution in [2.75, 3.05) is 19.6 Å². The summed E-state index contributed by atoms with van der Waals surface area (Å²) in [5.74, 6) is 1.03. The Morgan fingerprint density at radius 1 is 1.39 bits per heavy atom. The number of nitrogens with one attached hydrogen (secondary N) is 1. The Bertz CT molecular complexity index is 791. The number of nitrogens with zero attached hydrogens (tertiary/aromatic N) is 3. The van der Waals surface area contributed by atoms with Crippen LogP contribution < -0.4 is 5.32 Å². The van der Waals surface area contributed by atoms with Gasteiger partial charge in [-0.2, -0.15) is 4.98 Å². The molecule has 1 amide bonds. The number of piperazine rings is 1. The number of amides is 1. The molecule has 2 heterocycles. The Morgan fingerprint density at radius 2 is 2.18 bits per heavy atom. The summed E-state index contributed by atoms with van der Waals surface area (Å²) >= 11 is 0. The van der Waals surface area contributed by atoms with Crippen LogP contribution in [0.4, 0.5) is 4.39 Å². The van der Waals surface area contributed by atoms with E-state index in [9.17, 15) is 9.18 Å². The summed E-state index contributed by atoms with van der Waals surface area (Å²) in [6.07, 6.45) is 1.62. The minimum absolute atomic E-state index is 0. The zero-order chi connectivity index (χ0) is 19.4. The van der Waals surface area contributed by atoms with Gasteiger partial charge in [0.25, 0.3) is 0 Å². The number of aromatic nitrogens is 2. The van der Waals surface area contributed by atoms with Gasteiger partial charge in [0, 0.05) is 37.9 Å². The fourth-order valence-electron chi connectivity index (χ4n) is 3.21. The quantitative estimate of drug-likeness (QED) is 0.817. The van der Waals surface area contributed by atoms with E-state index < -0.39 is 0 Å². The maximum Gasteiger partial charge on any atom is 0.226 e. The number of rotatable bonds is 5. The predicted molar refractivity (Wildman–Crippen MR) is 107 cm³/mol. The third-order valence-corrected chi connectivity index (χ3v) is 4.72. The standard InChI is InChI=1S/C20H27FN4O2.ClH/c1-20(2,3)19-23-17(27-24-19)8-5-9-18(26)25-11-10-22-13-16(25)14-6-4-7-15(21)12-14;/h4,6-7,12,16,22H,5,8-11,13H2,1-3H3;1H. The summed E-state index contributed by atoms with van der Waals surface area (Å²) in [6.45, 7) is 8.09. The van der Waals surface area contributed by atoms with Crippen LogP contribution in [0.2, 0.25) is 0 Å². The van der Waals surface area contributed by atoms with Gasteiger partial charge in [-0.15, -0.1) is 12.4 Å². The molecule has 154 valence electrons. The van der Waals surface area contributed by atoms with E-state index in [0.29, 0.717) is 44.1 Å². The van der Waals surface area contributed by atoms with Crippen LogP contribution in [0.1, 0.15) is 56.9 Å². The van der Waals surface area contributed by atoms with Crippen molar-refractivity contribution in [3.63, 3.8) is 0 Å². The van der Waals surface area contributed by atoms with E-state index in [0.717, 1.165) is 12.1 Å². The maximum absolute atomic E-state index is 13.6. The first-order valence-electron chi connectivity index (χ1n) is 9.43. The van der Waals surface area contributed by atoms with E-state index in [1.54, 1.807) is 6.07 Å². The van der Waals surface area contributed by atoms with E-state index in [1.165, 1.54) is 12.1 Å². The molecule has 1 fully saturated rings. The molecule has 1 aromatic carbocycles. The molecule has 1 atom stereocenters. The molecule has 0 aliphatic carbocycles. The molecule has 0 radical (unpaired) electrons. The Labute approximate surface area is 171 Å². The van der Waals surface area contributed by atoms with Gasteiger partial charge < -0.3 is 14.7 Å². The van der Waals surface area contributed by atoms with Crippen molar-refractivity contribution < 1.29 is 13.7 Å². The van der Waals surface area contributed by atoms with Gasteiger partial charge in [0.2, 0.25) is 11.8 Å². The van der Waals surface area contributed by atoms with Crippen molar-refractivity contribution in [2.24, 2.45) is 0 Å². The maximum atomic E-state index is 13.6. The van der Waals surface area contributed by atoms with Crippen molar-refractivity contribution in [3.05, 3.63) is 47.4 Å². The number of hydrogen-bond donors (Lipinski definition) is 1. The lowest BCUT2D eigenvalue weighted by Gasteiger charge is -2.36. The highest BCUT2D eigenvalue weighted by molar-refractivity contribution is 5.85. The average molecular weight is 411 g/mol. The molecule has 8 heteroatoms. The molecule has 0 bridgehead atoms. The molecule has 28 heavy (non-hydrogen) atoms. The van der Waals surface area contributed by atoms with Crippen LogP contribution in [-0.2, 0) is 16.6 Å². The van der Waals surface area contributed by atoms with Crippen LogP contribution in [0, 0.1) is 5.82 Å². The molecule has 2 aromatic rings. The van der Waals surface area contributed by atoms with Crippen molar-refractivity contribution in [1.82, 2.24) is 20.4 Å². The summed E-state index contributed by atoms with van der Waals surface area (Å²) in [5.41, 5.74) is 0.665. The van der Waals surface area contributed by atoms with Gasteiger partial charge in [0.1, 0.15) is 5.82 Å². The van der Waals surface area contributed by atoms with Crippen LogP contribution >= 0.6 is 12.4 Å². The molecule has 0 saturated carbocycles. The van der Waals surface area contributed by atoms with E-state index in [4.69, 9.17) is 4.52 Å². The largest absolute Gasteiger partial charge is 0.339 e. The van der Waals surface area contributed by atoms with Crippen LogP contribution in [0.5, 0.6) is 0 Å². The van der Waals surface area contributed by atoms with Crippen molar-refractivity contribution in [1.29, 1.82) is 0 Å². The lowest BCUT2D eigenvalue weighted by molar-refractivity contribution is -0.134. The number of hydrogen-bond acceptors (Lipinski definition) is 5. The SMILES string of the molecule is CC(C)(C)c1noc(CCCC(=O)N2CCNCC2c2cccc(F)c2)n1.Cl. The second kappa shape index (κ2) is 9.47. The molecule has 1 unspecified atom stereocenters. The monoisotopic (exact) mass is 410 g/mol. The summed E-state index contributed by atoms with van der Waals surface area (Å²) in [4.78, 5) is 19.0. The Hall–Kier alpha value is -1.99. The molecule has 1 N–H and O–H groups in total. The Morgan fingerprint density at radius 3 is 2.86 bits per heavy atom. The Kier molecular flexibility index (Phi) is 7.55. The highest BCUT2D eigenvalue weighted by Crippen LogP contribution is 2.24. The lowest BCUT2D eigenvalue weighted by Crippen LogP contribution is -2.48. The molecular weight excluding hydrogens is 383 g/mol. The normalized spacial score (nSPS) is 17.3. The summed E-state index contributed by atoms with van der Waals surface area (Å²) in [5, 5.41) is 7.30. The summed E-state index contributed by atoms with van der Waals surface area (Å²) < 4.78 is 18.9. The number of benzene rings is 1. The summed E-state index contributed by atoms with van der Waals surface area (Å²) in [7, 11) is 0. The van der Waals surface area contributed by atoms with E-state index >= 15 is 0 Å². The van der Waals surface area contributed by atoms with Crippen molar-refractivity contribution in [2.45, 2.75) is 51.5 Å². The average Bonchev–Trinajstić information content (AvgIpc) is 3.11. The smallest absolute Gasteiger partial charge is 0.226 e. The first kappa shape index (κ1) is 22.3. The van der Waals surface area contributed by atoms with Crippen LogP contribution in [0.25, 0.3) is 0 Å². The lowest BCUT2D eigenvalue weighted by atomic mass is 9.96. The second-order valence-electron chi connectivity index (χ2n) is 7.98. The molecule has 3 rings (SSSR count). The molecule has 1 aromatic heterocycles. The Balaban J connectivity index is 0.00000280. The molecular formula is C20H28ClFN4O2. The van der Waals surface area contributed by atoms with Crippen molar-refractivity contribution in [3.8, 4) is 0 Å². The summed E-state index contributed by atoms with van der Waals surface area (Å²) in [6, 6.07) is 6.34. The number of halogens is 2. The number of aryl methyl sites for hydroxylation is 1. The highest BCUT2D eigenvalue weighted by Gasteiger charge is 2.28. The van der Waals surface area contributed by atoms with E-state index in [1.807, 2.05) is 31.7 Å². The molecule has 0 spiro atoms. The first-order chi connectivity index (χ1) is 12.8. The zero-order valence-corrected chi connectivity index (χ0v) is 17.4. The predicted octanol–water partition coefficient (Wildman–Crippen LogP) is 3.42. The van der Waals surface area contributed by atoms with Gasteiger partial charge in [-0.25, -0.2) is 4.39 Å². The van der Waals surface area contributed by atoms with Crippen LogP contribution in [0.15, 0.2) is 28.8 Å². The fourth-order valence-corrected chi connectivity index (χ4v) is 3.21. The van der Waals surface area contributed by atoms with Gasteiger partial charge in [0.15, 0.2) is 5.82 Å². The third kappa shape index (κ3) is 5.52. The van der Waals surface area contributed by atoms with Gasteiger partial charge in [-0.05, 0) is 24.1 Å². The second-order valence-corrected chi connectivity index (χ2v) is 7.98. The van der Waals surface area contributed by atoms with Gasteiger partial charge in [0.05, 0.1) is 6.04 Å². The number of carbonyl (C=O) groups excluding carboxylic acids is 1. The van der Waals surface area contributed by atoms with E-state index in [-0.39, 0.29) is 35.6 Å². The van der Waals surface area contributed by atoms with Gasteiger partial charge in [-0.3, -0.25) is 4.79 Å². The third-order valence-electron chi connectivity index (χ3n) is 4.72. The van der Waals surface area contributed by atoms with Crippen LogP contribution in [-0.4, -0.2) is 40.6 Å². The molecule has 1 saturated heterocycles. The van der Waals surface area contributed by atoms with E-state index in [2.05, 4.69) is 15.5 Å². The number of carbonyl (C=O) groups is 1. The molecule has 6 nitrogen and oxygen atoms in total. The highest BCUT2D eigenvalue weighted by atomic mass is 35.5. The molecule has 1 aliphatic heterocycles. The topological polar surface area (TPSA) is 71.3 Å². The van der Waals surface area contributed by atoms with Gasteiger partial charge >= 0.3 is 0 Å². The minimum Gasteiger partial charge on any atom is -0.339 e. The van der Waals surface area contributed by atoms with Crippen molar-refractivity contribution >= 4 is 18.3 Å².